The molecule has 0 saturated carbocycles. The molecule has 0 radical (unpaired) electrons. The van der Waals surface area contributed by atoms with E-state index in [1.165, 1.54) is 0 Å². The van der Waals surface area contributed by atoms with Crippen molar-refractivity contribution in [1.82, 2.24) is 0 Å². The maximum atomic E-state index is 13.0. The van der Waals surface area contributed by atoms with E-state index in [1.54, 1.807) is 6.07 Å². The Morgan fingerprint density at radius 3 is 1.94 bits per heavy atom. The van der Waals surface area contributed by atoms with Crippen molar-refractivity contribution in [2.24, 2.45) is 0 Å². The third kappa shape index (κ3) is 3.48. The molecule has 0 amide bonds. The van der Waals surface area contributed by atoms with Gasteiger partial charge in [-0.1, -0.05) is 91.0 Å². The average Bonchev–Trinajstić information content (AvgIpc) is 2.84. The lowest BCUT2D eigenvalue weighted by molar-refractivity contribution is -0.135. The van der Waals surface area contributed by atoms with Crippen molar-refractivity contribution < 1.29 is 14.6 Å². The molecule has 3 nitrogen and oxygen atoms in total. The highest BCUT2D eigenvalue weighted by Crippen LogP contribution is 2.41. The van der Waals surface area contributed by atoms with Gasteiger partial charge in [0.15, 0.2) is 0 Å². The fraction of sp³-hybridized carbons (Fsp3) is 0.0690. The summed E-state index contributed by atoms with van der Waals surface area (Å²) in [5, 5.41) is 14.2. The summed E-state index contributed by atoms with van der Waals surface area (Å²) in [6, 6.07) is 32.8. The largest absolute Gasteiger partial charge is 0.507 e. The topological polar surface area (TPSA) is 46.5 Å². The predicted molar refractivity (Wildman–Crippen MR) is 129 cm³/mol. The number of fused-ring (bicyclic) bond motifs is 2. The zero-order valence-electron chi connectivity index (χ0n) is 17.7. The van der Waals surface area contributed by atoms with Crippen LogP contribution in [0.5, 0.6) is 11.5 Å². The molecule has 0 bridgehead atoms. The number of rotatable bonds is 4. The fourth-order valence-corrected chi connectivity index (χ4v) is 4.24. The van der Waals surface area contributed by atoms with Gasteiger partial charge in [-0.15, -0.1) is 0 Å². The van der Waals surface area contributed by atoms with Gasteiger partial charge in [0.1, 0.15) is 11.5 Å². The minimum Gasteiger partial charge on any atom is -0.507 e. The van der Waals surface area contributed by atoms with Crippen molar-refractivity contribution in [1.29, 1.82) is 0 Å². The van der Waals surface area contributed by atoms with Crippen LogP contribution in [0.3, 0.4) is 0 Å². The van der Waals surface area contributed by atoms with E-state index in [-0.39, 0.29) is 17.6 Å². The second kappa shape index (κ2) is 8.20. The summed E-state index contributed by atoms with van der Waals surface area (Å²) in [4.78, 5) is 13.0. The summed E-state index contributed by atoms with van der Waals surface area (Å²) in [6.45, 7) is 1.85. The molecular weight excluding hydrogens is 396 g/mol. The van der Waals surface area contributed by atoms with Crippen LogP contribution in [-0.2, 0) is 4.79 Å². The highest BCUT2D eigenvalue weighted by Gasteiger charge is 2.20. The first-order valence-corrected chi connectivity index (χ1v) is 10.6. The molecule has 5 rings (SSSR count). The van der Waals surface area contributed by atoms with Gasteiger partial charge in [-0.2, -0.15) is 0 Å². The first-order valence-electron chi connectivity index (χ1n) is 10.6. The Morgan fingerprint density at radius 2 is 1.25 bits per heavy atom. The fourth-order valence-electron chi connectivity index (χ4n) is 4.24. The molecule has 0 heterocycles. The summed E-state index contributed by atoms with van der Waals surface area (Å²) < 4.78 is 5.95. The number of carbonyl (C=O) groups excluding carboxylic acids is 1. The van der Waals surface area contributed by atoms with Crippen LogP contribution in [0.25, 0.3) is 32.7 Å². The van der Waals surface area contributed by atoms with Gasteiger partial charge in [0.2, 0.25) is 0 Å². The molecule has 156 valence electrons. The van der Waals surface area contributed by atoms with E-state index in [0.29, 0.717) is 5.75 Å². The smallest absolute Gasteiger partial charge is 0.318 e. The molecule has 0 spiro atoms. The van der Waals surface area contributed by atoms with Gasteiger partial charge in [0.25, 0.3) is 0 Å². The van der Waals surface area contributed by atoms with Crippen LogP contribution in [0.1, 0.15) is 18.4 Å². The predicted octanol–water partition coefficient (Wildman–Crippen LogP) is 7.07. The summed E-state index contributed by atoms with van der Waals surface area (Å²) in [6.07, 6.45) is 0. The van der Waals surface area contributed by atoms with Crippen molar-refractivity contribution >= 4 is 27.5 Å². The van der Waals surface area contributed by atoms with Crippen molar-refractivity contribution in [2.45, 2.75) is 12.8 Å². The molecule has 1 N–H and O–H groups in total. The van der Waals surface area contributed by atoms with E-state index in [9.17, 15) is 9.90 Å². The summed E-state index contributed by atoms with van der Waals surface area (Å²) >= 11 is 0. The zero-order valence-corrected chi connectivity index (χ0v) is 17.7. The highest BCUT2D eigenvalue weighted by atomic mass is 16.5. The Hall–Kier alpha value is -4.11. The number of hydrogen-bond acceptors (Lipinski definition) is 3. The second-order valence-corrected chi connectivity index (χ2v) is 7.89. The molecule has 0 saturated heterocycles. The molecule has 5 aromatic rings. The number of phenolic OH excluding ortho intramolecular Hbond substituents is 1. The molecule has 32 heavy (non-hydrogen) atoms. The van der Waals surface area contributed by atoms with E-state index >= 15 is 0 Å². The molecular formula is C29H22O3. The number of carbonyl (C=O) groups is 1. The van der Waals surface area contributed by atoms with Crippen molar-refractivity contribution in [3.05, 3.63) is 109 Å². The van der Waals surface area contributed by atoms with Crippen LogP contribution in [0.4, 0.5) is 0 Å². The van der Waals surface area contributed by atoms with E-state index in [1.807, 2.05) is 104 Å². The first kappa shape index (κ1) is 19.8. The third-order valence-corrected chi connectivity index (χ3v) is 5.90. The quantitative estimate of drug-likeness (QED) is 0.251. The van der Waals surface area contributed by atoms with Crippen LogP contribution in [0.15, 0.2) is 103 Å². The van der Waals surface area contributed by atoms with E-state index < -0.39 is 0 Å². The average molecular weight is 418 g/mol. The summed E-state index contributed by atoms with van der Waals surface area (Å²) in [5.41, 5.74) is 2.72. The van der Waals surface area contributed by atoms with Gasteiger partial charge in [-0.3, -0.25) is 4.79 Å². The first-order chi connectivity index (χ1) is 15.6. The lowest BCUT2D eigenvalue weighted by Crippen LogP contribution is -2.16. The number of aromatic hydroxyl groups is 1. The van der Waals surface area contributed by atoms with Crippen molar-refractivity contribution in [3.63, 3.8) is 0 Å². The molecule has 3 heteroatoms. The van der Waals surface area contributed by atoms with Gasteiger partial charge in [0.05, 0.1) is 5.92 Å². The molecule has 0 aliphatic heterocycles. The number of hydrogen-bond donors (Lipinski definition) is 1. The summed E-state index contributed by atoms with van der Waals surface area (Å²) in [5.74, 6) is 0.0417. The van der Waals surface area contributed by atoms with Crippen LogP contribution >= 0.6 is 0 Å². The monoisotopic (exact) mass is 418 g/mol. The van der Waals surface area contributed by atoms with Gasteiger partial charge in [-0.25, -0.2) is 0 Å². The normalized spacial score (nSPS) is 12.0. The Morgan fingerprint density at radius 1 is 0.688 bits per heavy atom. The Balaban J connectivity index is 1.65. The maximum Gasteiger partial charge on any atom is 0.318 e. The number of benzene rings is 5. The van der Waals surface area contributed by atoms with Gasteiger partial charge in [-0.05, 0) is 46.5 Å². The standard InChI is InChI=1S/C29H22O3/c1-19(20-9-3-2-4-10-20)29(31)32-26-18-8-14-22-12-6-16-24(28(22)26)23-15-5-11-21-13-7-17-25(30)27(21)23/h2-19,30H,1H3/t19-/m1/s1. The van der Waals surface area contributed by atoms with Gasteiger partial charge < -0.3 is 9.84 Å². The van der Waals surface area contributed by atoms with Gasteiger partial charge in [0, 0.05) is 10.8 Å². The van der Waals surface area contributed by atoms with E-state index in [4.69, 9.17) is 4.74 Å². The summed E-state index contributed by atoms with van der Waals surface area (Å²) in [7, 11) is 0. The van der Waals surface area contributed by atoms with Gasteiger partial charge >= 0.3 is 5.97 Å². The molecule has 0 fully saturated rings. The SMILES string of the molecule is C[C@@H](C(=O)Oc1cccc2cccc(-c3cccc4cccc(O)c34)c12)c1ccccc1. The highest BCUT2D eigenvalue weighted by molar-refractivity contribution is 6.09. The zero-order chi connectivity index (χ0) is 22.1. The Kier molecular flexibility index (Phi) is 5.08. The number of ether oxygens (including phenoxy) is 1. The van der Waals surface area contributed by atoms with Crippen molar-refractivity contribution in [3.8, 4) is 22.6 Å². The second-order valence-electron chi connectivity index (χ2n) is 7.89. The maximum absolute atomic E-state index is 13.0. The van der Waals surface area contributed by atoms with Crippen LogP contribution in [-0.4, -0.2) is 11.1 Å². The molecule has 1 atom stereocenters. The number of esters is 1. The number of phenols is 1. The minimum atomic E-state index is -0.389. The molecule has 5 aromatic carbocycles. The lowest BCUT2D eigenvalue weighted by Gasteiger charge is -2.16. The van der Waals surface area contributed by atoms with E-state index in [2.05, 4.69) is 0 Å². The van der Waals surface area contributed by atoms with Crippen LogP contribution < -0.4 is 4.74 Å². The Bertz CT molecular complexity index is 1430. The lowest BCUT2D eigenvalue weighted by atomic mass is 9.93. The molecule has 0 aromatic heterocycles. The third-order valence-electron chi connectivity index (χ3n) is 5.90. The molecule has 0 aliphatic carbocycles. The van der Waals surface area contributed by atoms with E-state index in [0.717, 1.165) is 38.2 Å². The molecule has 0 unspecified atom stereocenters. The van der Waals surface area contributed by atoms with Crippen molar-refractivity contribution in [2.75, 3.05) is 0 Å². The minimum absolute atomic E-state index is 0.224. The Labute approximate surface area is 186 Å². The molecule has 0 aliphatic rings. The van der Waals surface area contributed by atoms with Crippen LogP contribution in [0.2, 0.25) is 0 Å². The van der Waals surface area contributed by atoms with Crippen LogP contribution in [0, 0.1) is 0 Å².